The number of carbonyl (C=O) groups excluding carboxylic acids is 1. The molecule has 4 N–H and O–H groups in total. The highest BCUT2D eigenvalue weighted by Gasteiger charge is 2.28. The third-order valence-corrected chi connectivity index (χ3v) is 4.45. The summed E-state index contributed by atoms with van der Waals surface area (Å²) in [6.07, 6.45) is 2.57. The maximum absolute atomic E-state index is 11.0. The Balaban J connectivity index is 2.04. The Bertz CT molecular complexity index is 461. The largest absolute Gasteiger partial charge is 0.370 e. The molecule has 4 nitrogen and oxygen atoms in total. The van der Waals surface area contributed by atoms with E-state index in [4.69, 9.17) is 11.5 Å². The fraction of sp³-hybridized carbons (Fsp3) is 0.588. The summed E-state index contributed by atoms with van der Waals surface area (Å²) in [6, 6.07) is 8.98. The summed E-state index contributed by atoms with van der Waals surface area (Å²) in [7, 11) is 0. The maximum Gasteiger partial charge on any atom is 0.217 e. The van der Waals surface area contributed by atoms with Crippen molar-refractivity contribution in [1.29, 1.82) is 0 Å². The number of nitrogens with two attached hydrogens (primary N) is 2. The van der Waals surface area contributed by atoms with Crippen LogP contribution in [0.3, 0.4) is 0 Å². The summed E-state index contributed by atoms with van der Waals surface area (Å²) in [5, 5.41) is 0. The van der Waals surface area contributed by atoms with E-state index in [9.17, 15) is 4.79 Å². The first-order chi connectivity index (χ1) is 9.97. The first kappa shape index (κ1) is 16.0. The van der Waals surface area contributed by atoms with Crippen molar-refractivity contribution in [2.24, 2.45) is 17.4 Å². The van der Waals surface area contributed by atoms with Gasteiger partial charge in [-0.2, -0.15) is 0 Å². The molecule has 0 radical (unpaired) electrons. The minimum Gasteiger partial charge on any atom is -0.370 e. The van der Waals surface area contributed by atoms with Crippen molar-refractivity contribution in [2.45, 2.75) is 45.2 Å². The summed E-state index contributed by atoms with van der Waals surface area (Å²) >= 11 is 0. The number of rotatable bonds is 5. The van der Waals surface area contributed by atoms with Crippen LogP contribution in [0.4, 0.5) is 0 Å². The van der Waals surface area contributed by atoms with Gasteiger partial charge in [0.15, 0.2) is 0 Å². The van der Waals surface area contributed by atoms with Gasteiger partial charge in [0.05, 0.1) is 0 Å². The van der Waals surface area contributed by atoms with Crippen LogP contribution in [-0.4, -0.2) is 29.9 Å². The number of nitrogens with zero attached hydrogens (tertiary/aromatic N) is 1. The van der Waals surface area contributed by atoms with Gasteiger partial charge in [-0.15, -0.1) is 0 Å². The van der Waals surface area contributed by atoms with Crippen molar-refractivity contribution < 1.29 is 4.79 Å². The number of likely N-dealkylation sites (tertiary alicyclic amines) is 1. The normalized spacial score (nSPS) is 20.1. The molecule has 0 aliphatic carbocycles. The molecular formula is C17H27N3O. The summed E-state index contributed by atoms with van der Waals surface area (Å²) in [6.45, 7) is 6.13. The molecule has 0 saturated carbocycles. The van der Waals surface area contributed by atoms with E-state index in [2.05, 4.69) is 43.0 Å². The molecule has 1 fully saturated rings. The van der Waals surface area contributed by atoms with Gasteiger partial charge in [0, 0.05) is 18.5 Å². The molecular weight excluding hydrogens is 262 g/mol. The van der Waals surface area contributed by atoms with E-state index >= 15 is 0 Å². The molecule has 1 aromatic carbocycles. The Kier molecular flexibility index (Phi) is 5.37. The highest BCUT2D eigenvalue weighted by molar-refractivity contribution is 5.73. The predicted molar refractivity (Wildman–Crippen MR) is 85.7 cm³/mol. The Labute approximate surface area is 127 Å². The Hall–Kier alpha value is -1.39. The molecule has 1 heterocycles. The molecule has 2 rings (SSSR count). The van der Waals surface area contributed by atoms with E-state index in [1.807, 2.05) is 0 Å². The summed E-state index contributed by atoms with van der Waals surface area (Å²) in [5.41, 5.74) is 14.1. The number of piperidine rings is 1. The van der Waals surface area contributed by atoms with Crippen LogP contribution in [0.1, 0.15) is 43.4 Å². The fourth-order valence-electron chi connectivity index (χ4n) is 3.33. The Morgan fingerprint density at radius 3 is 2.33 bits per heavy atom. The second-order valence-electron chi connectivity index (χ2n) is 6.36. The van der Waals surface area contributed by atoms with Crippen LogP contribution in [0.25, 0.3) is 0 Å². The highest BCUT2D eigenvalue weighted by Crippen LogP contribution is 2.30. The summed E-state index contributed by atoms with van der Waals surface area (Å²) in [4.78, 5) is 13.5. The Morgan fingerprint density at radius 2 is 1.86 bits per heavy atom. The minimum atomic E-state index is -0.185. The first-order valence-corrected chi connectivity index (χ1v) is 7.82. The van der Waals surface area contributed by atoms with E-state index in [0.29, 0.717) is 12.3 Å². The van der Waals surface area contributed by atoms with Gasteiger partial charge in [-0.1, -0.05) is 29.8 Å². The third-order valence-electron chi connectivity index (χ3n) is 4.45. The predicted octanol–water partition coefficient (Wildman–Crippen LogP) is 1.97. The van der Waals surface area contributed by atoms with Gasteiger partial charge in [-0.25, -0.2) is 0 Å². The molecule has 1 saturated heterocycles. The molecule has 1 aliphatic heterocycles. The third kappa shape index (κ3) is 4.29. The Morgan fingerprint density at radius 1 is 1.29 bits per heavy atom. The maximum atomic E-state index is 11.0. The number of amides is 1. The van der Waals surface area contributed by atoms with E-state index in [1.54, 1.807) is 0 Å². The second-order valence-corrected chi connectivity index (χ2v) is 6.36. The molecule has 1 amide bonds. The van der Waals surface area contributed by atoms with Gasteiger partial charge in [-0.3, -0.25) is 9.69 Å². The monoisotopic (exact) mass is 289 g/mol. The standard InChI is InChI=1S/C17H27N3O/c1-12-3-5-15(6-4-12)17(13(2)18)20-9-7-14(8-10-20)11-16(19)21/h3-6,13-14,17H,7-11,18H2,1-2H3,(H2,19,21). The molecule has 21 heavy (non-hydrogen) atoms. The van der Waals surface area contributed by atoms with E-state index < -0.39 is 0 Å². The number of hydrogen-bond acceptors (Lipinski definition) is 3. The van der Waals surface area contributed by atoms with Gasteiger partial charge in [0.25, 0.3) is 0 Å². The first-order valence-electron chi connectivity index (χ1n) is 7.82. The highest BCUT2D eigenvalue weighted by atomic mass is 16.1. The number of primary amides is 1. The molecule has 1 aromatic rings. The lowest BCUT2D eigenvalue weighted by Gasteiger charge is -2.39. The van der Waals surface area contributed by atoms with Crippen LogP contribution in [0.5, 0.6) is 0 Å². The van der Waals surface area contributed by atoms with Gasteiger partial charge < -0.3 is 11.5 Å². The van der Waals surface area contributed by atoms with E-state index in [-0.39, 0.29) is 18.0 Å². The molecule has 116 valence electrons. The number of hydrogen-bond donors (Lipinski definition) is 2. The second kappa shape index (κ2) is 7.05. The average molecular weight is 289 g/mol. The van der Waals surface area contributed by atoms with Crippen molar-refractivity contribution in [3.63, 3.8) is 0 Å². The van der Waals surface area contributed by atoms with Gasteiger partial charge >= 0.3 is 0 Å². The van der Waals surface area contributed by atoms with Crippen molar-refractivity contribution >= 4 is 5.91 Å². The topological polar surface area (TPSA) is 72.3 Å². The van der Waals surface area contributed by atoms with Crippen LogP contribution < -0.4 is 11.5 Å². The SMILES string of the molecule is Cc1ccc(C(C(C)N)N2CCC(CC(N)=O)CC2)cc1. The van der Waals surface area contributed by atoms with E-state index in [1.165, 1.54) is 11.1 Å². The molecule has 0 spiro atoms. The number of benzene rings is 1. The number of aryl methyl sites for hydroxylation is 1. The van der Waals surface area contributed by atoms with Gasteiger partial charge in [0.2, 0.25) is 5.91 Å². The zero-order chi connectivity index (χ0) is 15.4. The number of carbonyl (C=O) groups is 1. The summed E-state index contributed by atoms with van der Waals surface area (Å²) < 4.78 is 0. The lowest BCUT2D eigenvalue weighted by molar-refractivity contribution is -0.119. The zero-order valence-corrected chi connectivity index (χ0v) is 13.1. The quantitative estimate of drug-likeness (QED) is 0.870. The zero-order valence-electron chi connectivity index (χ0n) is 13.1. The van der Waals surface area contributed by atoms with Crippen LogP contribution in [0.15, 0.2) is 24.3 Å². The molecule has 4 heteroatoms. The van der Waals surface area contributed by atoms with Crippen LogP contribution >= 0.6 is 0 Å². The minimum absolute atomic E-state index is 0.0837. The van der Waals surface area contributed by atoms with Crippen LogP contribution in [0.2, 0.25) is 0 Å². The lowest BCUT2D eigenvalue weighted by atomic mass is 9.90. The van der Waals surface area contributed by atoms with Crippen molar-refractivity contribution in [1.82, 2.24) is 4.90 Å². The molecule has 0 bridgehead atoms. The molecule has 0 aromatic heterocycles. The van der Waals surface area contributed by atoms with E-state index in [0.717, 1.165) is 25.9 Å². The molecule has 1 aliphatic rings. The van der Waals surface area contributed by atoms with Gasteiger partial charge in [0.1, 0.15) is 0 Å². The molecule has 2 unspecified atom stereocenters. The average Bonchev–Trinajstić information content (AvgIpc) is 2.42. The smallest absolute Gasteiger partial charge is 0.217 e. The fourth-order valence-corrected chi connectivity index (χ4v) is 3.33. The lowest BCUT2D eigenvalue weighted by Crippen LogP contribution is -2.44. The molecule has 2 atom stereocenters. The van der Waals surface area contributed by atoms with Gasteiger partial charge in [-0.05, 0) is 51.3 Å². The van der Waals surface area contributed by atoms with Crippen LogP contribution in [-0.2, 0) is 4.79 Å². The van der Waals surface area contributed by atoms with Crippen molar-refractivity contribution in [3.8, 4) is 0 Å². The van der Waals surface area contributed by atoms with Crippen molar-refractivity contribution in [3.05, 3.63) is 35.4 Å². The van der Waals surface area contributed by atoms with Crippen molar-refractivity contribution in [2.75, 3.05) is 13.1 Å². The van der Waals surface area contributed by atoms with Crippen LogP contribution in [0, 0.1) is 12.8 Å². The summed E-state index contributed by atoms with van der Waals surface area (Å²) in [5.74, 6) is 0.251.